The minimum absolute atomic E-state index is 0.0351. The van der Waals surface area contributed by atoms with Gasteiger partial charge in [-0.1, -0.05) is 12.1 Å². The van der Waals surface area contributed by atoms with Gasteiger partial charge in [0.05, 0.1) is 17.8 Å². The summed E-state index contributed by atoms with van der Waals surface area (Å²) in [5.41, 5.74) is 1.98. The van der Waals surface area contributed by atoms with Crippen molar-refractivity contribution in [2.75, 3.05) is 37.6 Å². The quantitative estimate of drug-likeness (QED) is 0.851. The number of carboxylic acid groups (broad SMARTS) is 2. The van der Waals surface area contributed by atoms with Crippen LogP contribution in [0.3, 0.4) is 0 Å². The van der Waals surface area contributed by atoms with Crippen LogP contribution in [0, 0.1) is 6.92 Å². The number of piperazine rings is 1. The summed E-state index contributed by atoms with van der Waals surface area (Å²) in [5, 5.41) is 18.1. The number of nitrogens with zero attached hydrogens (tertiary/aromatic N) is 2. The van der Waals surface area contributed by atoms with Gasteiger partial charge in [0, 0.05) is 26.2 Å². The van der Waals surface area contributed by atoms with Crippen LogP contribution in [0.4, 0.5) is 5.69 Å². The van der Waals surface area contributed by atoms with Gasteiger partial charge in [0.25, 0.3) is 0 Å². The molecule has 2 rings (SSSR count). The Kier molecular flexibility index (Phi) is 4.24. The third-order valence-corrected chi connectivity index (χ3v) is 3.52. The average Bonchev–Trinajstić information content (AvgIpc) is 2.39. The van der Waals surface area contributed by atoms with Crippen LogP contribution in [-0.4, -0.2) is 59.8 Å². The lowest BCUT2D eigenvalue weighted by Gasteiger charge is -2.36. The number of aromatic carboxylic acids is 1. The van der Waals surface area contributed by atoms with Crippen molar-refractivity contribution >= 4 is 17.6 Å². The summed E-state index contributed by atoms with van der Waals surface area (Å²) in [6, 6.07) is 5.24. The second kappa shape index (κ2) is 5.92. The van der Waals surface area contributed by atoms with Gasteiger partial charge in [-0.25, -0.2) is 4.79 Å². The highest BCUT2D eigenvalue weighted by molar-refractivity contribution is 5.95. The van der Waals surface area contributed by atoms with E-state index in [2.05, 4.69) is 0 Å². The Morgan fingerprint density at radius 3 is 2.35 bits per heavy atom. The maximum absolute atomic E-state index is 11.3. The van der Waals surface area contributed by atoms with Crippen LogP contribution in [0.2, 0.25) is 0 Å². The third-order valence-electron chi connectivity index (χ3n) is 3.52. The van der Waals surface area contributed by atoms with Crippen molar-refractivity contribution in [2.45, 2.75) is 6.92 Å². The summed E-state index contributed by atoms with van der Waals surface area (Å²) in [6.07, 6.45) is 0. The van der Waals surface area contributed by atoms with E-state index in [-0.39, 0.29) is 6.54 Å². The van der Waals surface area contributed by atoms with Crippen molar-refractivity contribution in [3.63, 3.8) is 0 Å². The first kappa shape index (κ1) is 14.3. The lowest BCUT2D eigenvalue weighted by molar-refractivity contribution is -0.138. The van der Waals surface area contributed by atoms with Crippen molar-refractivity contribution in [3.05, 3.63) is 29.3 Å². The maximum Gasteiger partial charge on any atom is 0.337 e. The first-order chi connectivity index (χ1) is 9.49. The lowest BCUT2D eigenvalue weighted by Crippen LogP contribution is -2.48. The van der Waals surface area contributed by atoms with E-state index in [0.29, 0.717) is 31.7 Å². The standard InChI is InChI=1S/C14H18N2O4/c1-10-3-2-4-11(14(19)20)13(10)16-7-5-15(6-8-16)9-12(17)18/h2-4H,5-9H2,1H3,(H,17,18)(H,19,20). The smallest absolute Gasteiger partial charge is 0.337 e. The number of hydrogen-bond acceptors (Lipinski definition) is 4. The van der Waals surface area contributed by atoms with Crippen LogP contribution < -0.4 is 4.90 Å². The zero-order valence-corrected chi connectivity index (χ0v) is 11.4. The second-order valence-electron chi connectivity index (χ2n) is 4.93. The fraction of sp³-hybridized carbons (Fsp3) is 0.429. The van der Waals surface area contributed by atoms with Crippen molar-refractivity contribution in [2.24, 2.45) is 0 Å². The van der Waals surface area contributed by atoms with E-state index >= 15 is 0 Å². The van der Waals surface area contributed by atoms with Gasteiger partial charge < -0.3 is 15.1 Å². The number of carboxylic acids is 2. The molecular weight excluding hydrogens is 260 g/mol. The Bertz CT molecular complexity index is 522. The predicted octanol–water partition coefficient (Wildman–Crippen LogP) is 0.900. The van der Waals surface area contributed by atoms with Crippen LogP contribution in [0.1, 0.15) is 15.9 Å². The van der Waals surface area contributed by atoms with Crippen LogP contribution in [-0.2, 0) is 4.79 Å². The van der Waals surface area contributed by atoms with Gasteiger partial charge in [-0.2, -0.15) is 0 Å². The number of carbonyl (C=O) groups is 2. The molecule has 6 nitrogen and oxygen atoms in total. The summed E-state index contributed by atoms with van der Waals surface area (Å²) in [6.45, 7) is 4.45. The van der Waals surface area contributed by atoms with Gasteiger partial charge in [0.2, 0.25) is 0 Å². The van der Waals surface area contributed by atoms with Crippen molar-refractivity contribution < 1.29 is 19.8 Å². The average molecular weight is 278 g/mol. The van der Waals surface area contributed by atoms with E-state index in [0.717, 1.165) is 11.3 Å². The Morgan fingerprint density at radius 1 is 1.15 bits per heavy atom. The normalized spacial score (nSPS) is 16.1. The molecule has 2 N–H and O–H groups in total. The van der Waals surface area contributed by atoms with Crippen molar-refractivity contribution in [1.82, 2.24) is 4.90 Å². The molecule has 20 heavy (non-hydrogen) atoms. The molecular formula is C14H18N2O4. The van der Waals surface area contributed by atoms with Crippen LogP contribution in [0.5, 0.6) is 0 Å². The molecule has 0 saturated carbocycles. The topological polar surface area (TPSA) is 81.1 Å². The van der Waals surface area contributed by atoms with E-state index in [9.17, 15) is 14.7 Å². The fourth-order valence-electron chi connectivity index (χ4n) is 2.57. The summed E-state index contributed by atoms with van der Waals surface area (Å²) in [7, 11) is 0. The monoisotopic (exact) mass is 278 g/mol. The molecule has 108 valence electrons. The molecule has 6 heteroatoms. The largest absolute Gasteiger partial charge is 0.480 e. The number of anilines is 1. The van der Waals surface area contributed by atoms with E-state index in [1.807, 2.05) is 22.8 Å². The predicted molar refractivity (Wildman–Crippen MR) is 74.4 cm³/mol. The number of para-hydroxylation sites is 1. The highest BCUT2D eigenvalue weighted by Crippen LogP contribution is 2.26. The molecule has 1 fully saturated rings. The first-order valence-corrected chi connectivity index (χ1v) is 6.51. The molecule has 0 unspecified atom stereocenters. The molecule has 0 bridgehead atoms. The highest BCUT2D eigenvalue weighted by Gasteiger charge is 2.23. The van der Waals surface area contributed by atoms with E-state index in [4.69, 9.17) is 5.11 Å². The van der Waals surface area contributed by atoms with E-state index in [1.165, 1.54) is 0 Å². The van der Waals surface area contributed by atoms with Crippen LogP contribution >= 0.6 is 0 Å². The summed E-state index contributed by atoms with van der Waals surface area (Å²) >= 11 is 0. The molecule has 0 radical (unpaired) electrons. The Hall–Kier alpha value is -2.08. The first-order valence-electron chi connectivity index (χ1n) is 6.51. The molecule has 0 aromatic heterocycles. The molecule has 1 aliphatic rings. The molecule has 1 heterocycles. The van der Waals surface area contributed by atoms with Gasteiger partial charge in [0.15, 0.2) is 0 Å². The SMILES string of the molecule is Cc1cccc(C(=O)O)c1N1CCN(CC(=O)O)CC1. The van der Waals surface area contributed by atoms with Crippen LogP contribution in [0.15, 0.2) is 18.2 Å². The maximum atomic E-state index is 11.3. The minimum atomic E-state index is -0.934. The molecule has 1 aromatic rings. The zero-order valence-electron chi connectivity index (χ0n) is 11.4. The molecule has 1 saturated heterocycles. The van der Waals surface area contributed by atoms with Crippen molar-refractivity contribution in [1.29, 1.82) is 0 Å². The highest BCUT2D eigenvalue weighted by atomic mass is 16.4. The van der Waals surface area contributed by atoms with Crippen molar-refractivity contribution in [3.8, 4) is 0 Å². The van der Waals surface area contributed by atoms with Gasteiger partial charge >= 0.3 is 11.9 Å². The Labute approximate surface area is 117 Å². The van der Waals surface area contributed by atoms with Gasteiger partial charge in [0.1, 0.15) is 0 Å². The minimum Gasteiger partial charge on any atom is -0.480 e. The molecule has 0 atom stereocenters. The zero-order chi connectivity index (χ0) is 14.7. The summed E-state index contributed by atoms with van der Waals surface area (Å²) < 4.78 is 0. The molecule has 1 aromatic carbocycles. The Morgan fingerprint density at radius 2 is 1.80 bits per heavy atom. The van der Waals surface area contributed by atoms with E-state index < -0.39 is 11.9 Å². The summed E-state index contributed by atoms with van der Waals surface area (Å²) in [4.78, 5) is 25.9. The number of hydrogen-bond donors (Lipinski definition) is 2. The summed E-state index contributed by atoms with van der Waals surface area (Å²) in [5.74, 6) is -1.77. The van der Waals surface area contributed by atoms with Gasteiger partial charge in [-0.3, -0.25) is 9.69 Å². The van der Waals surface area contributed by atoms with Gasteiger partial charge in [-0.15, -0.1) is 0 Å². The number of benzene rings is 1. The van der Waals surface area contributed by atoms with Crippen LogP contribution in [0.25, 0.3) is 0 Å². The lowest BCUT2D eigenvalue weighted by atomic mass is 10.1. The third kappa shape index (κ3) is 3.08. The number of rotatable bonds is 4. The molecule has 0 amide bonds. The molecule has 0 spiro atoms. The molecule has 0 aliphatic carbocycles. The van der Waals surface area contributed by atoms with E-state index in [1.54, 1.807) is 12.1 Å². The van der Waals surface area contributed by atoms with Gasteiger partial charge in [-0.05, 0) is 18.6 Å². The second-order valence-corrected chi connectivity index (χ2v) is 4.93. The molecule has 1 aliphatic heterocycles. The number of aryl methyl sites for hydroxylation is 1. The fourth-order valence-corrected chi connectivity index (χ4v) is 2.57. The Balaban J connectivity index is 2.14. The number of aliphatic carboxylic acids is 1.